The number of phenols is 1. The minimum Gasteiger partial charge on any atom is -0.508 e. The summed E-state index contributed by atoms with van der Waals surface area (Å²) in [5.41, 5.74) is 3.15. The number of phenolic OH excluding ortho intramolecular Hbond substituents is 1. The predicted molar refractivity (Wildman–Crippen MR) is 103 cm³/mol. The van der Waals surface area contributed by atoms with E-state index in [1.54, 1.807) is 18.2 Å². The Bertz CT molecular complexity index is 949. The standard InChI is InChI=1S/C21H21N3O3/c25-20-7-2-1-5-17(20)15-23-14-4-13-22-12-3-6-19(22)21(23)16-8-10-18(11-9-16)24(26)27/h1-3,5-12,21,25H,4,13-15H2. The molecule has 1 atom stereocenters. The molecule has 2 aromatic carbocycles. The Morgan fingerprint density at radius 2 is 1.81 bits per heavy atom. The van der Waals surface area contributed by atoms with E-state index in [0.717, 1.165) is 36.3 Å². The molecule has 3 aromatic rings. The number of nitro benzene ring substituents is 1. The SMILES string of the molecule is O=[N+]([O-])c1ccc(C2c3cccn3CCCN2Cc2ccccc2O)cc1. The Labute approximate surface area is 157 Å². The van der Waals surface area contributed by atoms with Gasteiger partial charge in [0.1, 0.15) is 5.75 Å². The van der Waals surface area contributed by atoms with E-state index in [9.17, 15) is 15.2 Å². The van der Waals surface area contributed by atoms with E-state index in [2.05, 4.69) is 21.7 Å². The first-order valence-corrected chi connectivity index (χ1v) is 9.04. The zero-order valence-electron chi connectivity index (χ0n) is 14.9. The summed E-state index contributed by atoms with van der Waals surface area (Å²) in [5.74, 6) is 0.291. The van der Waals surface area contributed by atoms with Crippen molar-refractivity contribution in [1.29, 1.82) is 0 Å². The van der Waals surface area contributed by atoms with Gasteiger partial charge < -0.3 is 9.67 Å². The molecular formula is C21H21N3O3. The quantitative estimate of drug-likeness (QED) is 0.560. The predicted octanol–water partition coefficient (Wildman–Crippen LogP) is 4.10. The Morgan fingerprint density at radius 1 is 1.04 bits per heavy atom. The average molecular weight is 363 g/mol. The number of aryl methyl sites for hydroxylation is 1. The molecule has 0 amide bonds. The average Bonchev–Trinajstić information content (AvgIpc) is 3.05. The van der Waals surface area contributed by atoms with Crippen LogP contribution >= 0.6 is 0 Å². The highest BCUT2D eigenvalue weighted by molar-refractivity contribution is 5.38. The molecule has 0 bridgehead atoms. The second-order valence-electron chi connectivity index (χ2n) is 6.83. The normalized spacial score (nSPS) is 17.3. The molecule has 0 spiro atoms. The van der Waals surface area contributed by atoms with E-state index in [-0.39, 0.29) is 16.7 Å². The van der Waals surface area contributed by atoms with Gasteiger partial charge in [0, 0.05) is 49.2 Å². The number of aromatic nitrogens is 1. The molecule has 138 valence electrons. The van der Waals surface area contributed by atoms with Crippen molar-refractivity contribution in [2.45, 2.75) is 25.6 Å². The van der Waals surface area contributed by atoms with Gasteiger partial charge in [-0.25, -0.2) is 0 Å². The third kappa shape index (κ3) is 3.44. The van der Waals surface area contributed by atoms with Gasteiger partial charge in [-0.1, -0.05) is 30.3 Å². The summed E-state index contributed by atoms with van der Waals surface area (Å²) in [6.07, 6.45) is 3.08. The zero-order valence-corrected chi connectivity index (χ0v) is 14.9. The number of nitro groups is 1. The highest BCUT2D eigenvalue weighted by Gasteiger charge is 2.28. The topological polar surface area (TPSA) is 71.5 Å². The molecule has 0 saturated carbocycles. The number of nitrogens with zero attached hydrogens (tertiary/aromatic N) is 3. The molecule has 0 radical (unpaired) electrons. The summed E-state index contributed by atoms with van der Waals surface area (Å²) < 4.78 is 2.25. The summed E-state index contributed by atoms with van der Waals surface area (Å²) in [6, 6.07) is 18.3. The van der Waals surface area contributed by atoms with Gasteiger partial charge in [-0.05, 0) is 30.2 Å². The zero-order chi connectivity index (χ0) is 18.8. The fraction of sp³-hybridized carbons (Fsp3) is 0.238. The fourth-order valence-electron chi connectivity index (χ4n) is 3.83. The Morgan fingerprint density at radius 3 is 2.56 bits per heavy atom. The minimum atomic E-state index is -0.376. The first-order valence-electron chi connectivity index (χ1n) is 9.04. The van der Waals surface area contributed by atoms with Crippen molar-refractivity contribution < 1.29 is 10.0 Å². The smallest absolute Gasteiger partial charge is 0.269 e. The van der Waals surface area contributed by atoms with Crippen LogP contribution in [0.5, 0.6) is 5.75 Å². The molecule has 1 aromatic heterocycles. The van der Waals surface area contributed by atoms with Crippen LogP contribution in [0.15, 0.2) is 66.9 Å². The van der Waals surface area contributed by atoms with Gasteiger partial charge in [0.25, 0.3) is 5.69 Å². The van der Waals surface area contributed by atoms with Crippen LogP contribution in [0.2, 0.25) is 0 Å². The third-order valence-corrected chi connectivity index (χ3v) is 5.14. The van der Waals surface area contributed by atoms with Crippen molar-refractivity contribution in [3.05, 3.63) is 93.8 Å². The molecule has 1 aliphatic heterocycles. The Kier molecular flexibility index (Phi) is 4.64. The van der Waals surface area contributed by atoms with Crippen LogP contribution < -0.4 is 0 Å². The van der Waals surface area contributed by atoms with E-state index in [0.29, 0.717) is 12.3 Å². The van der Waals surface area contributed by atoms with Crippen molar-refractivity contribution in [2.24, 2.45) is 0 Å². The molecule has 2 heterocycles. The number of non-ortho nitro benzene ring substituents is 1. The lowest BCUT2D eigenvalue weighted by Crippen LogP contribution is -2.29. The first kappa shape index (κ1) is 17.3. The number of hydrogen-bond donors (Lipinski definition) is 1. The number of rotatable bonds is 4. The lowest BCUT2D eigenvalue weighted by atomic mass is 10.0. The third-order valence-electron chi connectivity index (χ3n) is 5.14. The molecule has 0 saturated heterocycles. The van der Waals surface area contributed by atoms with E-state index in [4.69, 9.17) is 0 Å². The van der Waals surface area contributed by atoms with Crippen LogP contribution in [0.1, 0.15) is 29.3 Å². The second kappa shape index (κ2) is 7.25. The largest absolute Gasteiger partial charge is 0.508 e. The van der Waals surface area contributed by atoms with Crippen LogP contribution in [0.4, 0.5) is 5.69 Å². The molecule has 1 N–H and O–H groups in total. The van der Waals surface area contributed by atoms with E-state index in [1.165, 1.54) is 0 Å². The molecule has 6 nitrogen and oxygen atoms in total. The van der Waals surface area contributed by atoms with Crippen molar-refractivity contribution in [3.8, 4) is 5.75 Å². The number of aromatic hydroxyl groups is 1. The van der Waals surface area contributed by atoms with Gasteiger partial charge in [-0.2, -0.15) is 0 Å². The van der Waals surface area contributed by atoms with Crippen LogP contribution in [0.3, 0.4) is 0 Å². The van der Waals surface area contributed by atoms with Crippen LogP contribution in [-0.2, 0) is 13.1 Å². The van der Waals surface area contributed by atoms with Gasteiger partial charge in [-0.3, -0.25) is 15.0 Å². The lowest BCUT2D eigenvalue weighted by molar-refractivity contribution is -0.384. The van der Waals surface area contributed by atoms with Gasteiger partial charge >= 0.3 is 0 Å². The van der Waals surface area contributed by atoms with Gasteiger partial charge in [0.05, 0.1) is 11.0 Å². The van der Waals surface area contributed by atoms with E-state index >= 15 is 0 Å². The Hall–Kier alpha value is -3.12. The summed E-state index contributed by atoms with van der Waals surface area (Å²) in [7, 11) is 0. The fourth-order valence-corrected chi connectivity index (χ4v) is 3.83. The maximum atomic E-state index is 11.0. The van der Waals surface area contributed by atoms with Crippen molar-refractivity contribution in [3.63, 3.8) is 0 Å². The first-order chi connectivity index (χ1) is 13.1. The van der Waals surface area contributed by atoms with Gasteiger partial charge in [0.2, 0.25) is 0 Å². The number of para-hydroxylation sites is 1. The van der Waals surface area contributed by atoms with E-state index in [1.807, 2.05) is 36.4 Å². The maximum absolute atomic E-state index is 11.0. The van der Waals surface area contributed by atoms with Crippen molar-refractivity contribution in [2.75, 3.05) is 6.54 Å². The lowest BCUT2D eigenvalue weighted by Gasteiger charge is -2.30. The molecular weight excluding hydrogens is 342 g/mol. The van der Waals surface area contributed by atoms with Crippen LogP contribution in [-0.4, -0.2) is 26.0 Å². The number of hydrogen-bond acceptors (Lipinski definition) is 4. The van der Waals surface area contributed by atoms with Crippen LogP contribution in [0, 0.1) is 10.1 Å². The van der Waals surface area contributed by atoms with Crippen molar-refractivity contribution in [1.82, 2.24) is 9.47 Å². The number of fused-ring (bicyclic) bond motifs is 1. The highest BCUT2D eigenvalue weighted by atomic mass is 16.6. The summed E-state index contributed by atoms with van der Waals surface area (Å²) in [4.78, 5) is 13.0. The molecule has 1 unspecified atom stereocenters. The number of benzene rings is 2. The Balaban J connectivity index is 1.74. The summed E-state index contributed by atoms with van der Waals surface area (Å²) >= 11 is 0. The van der Waals surface area contributed by atoms with Crippen molar-refractivity contribution >= 4 is 5.69 Å². The minimum absolute atomic E-state index is 0.0251. The van der Waals surface area contributed by atoms with E-state index < -0.39 is 0 Å². The van der Waals surface area contributed by atoms with Gasteiger partial charge in [0.15, 0.2) is 0 Å². The molecule has 0 fully saturated rings. The monoisotopic (exact) mass is 363 g/mol. The molecule has 4 rings (SSSR count). The molecule has 27 heavy (non-hydrogen) atoms. The maximum Gasteiger partial charge on any atom is 0.269 e. The van der Waals surface area contributed by atoms with Crippen LogP contribution in [0.25, 0.3) is 0 Å². The van der Waals surface area contributed by atoms with Gasteiger partial charge in [-0.15, -0.1) is 0 Å². The second-order valence-corrected chi connectivity index (χ2v) is 6.83. The summed E-state index contributed by atoms with van der Waals surface area (Å²) in [6.45, 7) is 2.42. The molecule has 1 aliphatic rings. The molecule has 0 aliphatic carbocycles. The highest BCUT2D eigenvalue weighted by Crippen LogP contribution is 2.34. The summed E-state index contributed by atoms with van der Waals surface area (Å²) in [5, 5.41) is 21.2. The molecule has 6 heteroatoms.